The van der Waals surface area contributed by atoms with E-state index in [1.807, 2.05) is 13.0 Å². The zero-order valence-electron chi connectivity index (χ0n) is 7.80. The highest BCUT2D eigenvalue weighted by Gasteiger charge is 2.04. The average molecular weight is 257 g/mol. The Morgan fingerprint density at radius 2 is 2.14 bits per heavy atom. The summed E-state index contributed by atoms with van der Waals surface area (Å²) in [4.78, 5) is 4.12. The van der Waals surface area contributed by atoms with Crippen molar-refractivity contribution >= 4 is 35.6 Å². The predicted octanol–water partition coefficient (Wildman–Crippen LogP) is 3.17. The lowest BCUT2D eigenvalue weighted by Gasteiger charge is -2.09. The fourth-order valence-corrected chi connectivity index (χ4v) is 1.35. The first kappa shape index (κ1) is 13.8. The normalized spacial score (nSPS) is 9.36. The van der Waals surface area contributed by atoms with Gasteiger partial charge in [-0.15, -0.1) is 35.6 Å². The molecule has 80 valence electrons. The van der Waals surface area contributed by atoms with Crippen LogP contribution >= 0.6 is 35.6 Å². The van der Waals surface area contributed by atoms with Crippen molar-refractivity contribution in [3.05, 3.63) is 23.5 Å². The van der Waals surface area contributed by atoms with Gasteiger partial charge < -0.3 is 4.74 Å². The van der Waals surface area contributed by atoms with Gasteiger partial charge >= 0.3 is 0 Å². The Bertz CT molecular complexity index is 281. The van der Waals surface area contributed by atoms with Gasteiger partial charge in [-0.25, -0.2) is 0 Å². The fraction of sp³-hybridized carbons (Fsp3) is 0.444. The van der Waals surface area contributed by atoms with Crippen molar-refractivity contribution in [2.75, 3.05) is 12.5 Å². The molecule has 0 aliphatic heterocycles. The van der Waals surface area contributed by atoms with Crippen molar-refractivity contribution < 1.29 is 4.74 Å². The van der Waals surface area contributed by atoms with Gasteiger partial charge in [-0.2, -0.15) is 0 Å². The molecule has 5 heteroatoms. The summed E-state index contributed by atoms with van der Waals surface area (Å²) in [7, 11) is 0. The molecular weight excluding hydrogens is 244 g/mol. The topological polar surface area (TPSA) is 22.1 Å². The zero-order valence-corrected chi connectivity index (χ0v) is 10.1. The van der Waals surface area contributed by atoms with Crippen molar-refractivity contribution in [1.29, 1.82) is 0 Å². The summed E-state index contributed by atoms with van der Waals surface area (Å²) in [6.07, 6.45) is 1.69. The predicted molar refractivity (Wildman–Crippen MR) is 62.0 cm³/mol. The highest BCUT2D eigenvalue weighted by Crippen LogP contribution is 2.20. The summed E-state index contributed by atoms with van der Waals surface area (Å²) in [5, 5.41) is 0. The van der Waals surface area contributed by atoms with Crippen molar-refractivity contribution in [2.24, 2.45) is 0 Å². The van der Waals surface area contributed by atoms with Crippen molar-refractivity contribution in [3.8, 4) is 5.75 Å². The van der Waals surface area contributed by atoms with Gasteiger partial charge in [0.1, 0.15) is 12.4 Å². The quantitative estimate of drug-likeness (QED) is 0.772. The summed E-state index contributed by atoms with van der Waals surface area (Å²) in [5.74, 6) is 1.70. The molecule has 0 spiro atoms. The van der Waals surface area contributed by atoms with Crippen molar-refractivity contribution in [1.82, 2.24) is 4.98 Å². The Morgan fingerprint density at radius 3 is 2.71 bits per heavy atom. The number of hydrogen-bond donors (Lipinski definition) is 0. The average Bonchev–Trinajstić information content (AvgIpc) is 2.16. The van der Waals surface area contributed by atoms with Crippen LogP contribution in [0, 0.1) is 6.92 Å². The van der Waals surface area contributed by atoms with E-state index in [0.29, 0.717) is 18.4 Å². The minimum absolute atomic E-state index is 0. The van der Waals surface area contributed by atoms with Crippen LogP contribution in [0.3, 0.4) is 0 Å². The smallest absolute Gasteiger partial charge is 0.125 e. The number of pyridine rings is 1. The Morgan fingerprint density at radius 1 is 1.43 bits per heavy atom. The van der Waals surface area contributed by atoms with E-state index < -0.39 is 0 Å². The second-order valence-corrected chi connectivity index (χ2v) is 3.20. The first-order valence-electron chi connectivity index (χ1n) is 3.98. The molecule has 2 nitrogen and oxygen atoms in total. The molecule has 0 atom stereocenters. The van der Waals surface area contributed by atoms with Crippen LogP contribution in [-0.2, 0) is 5.88 Å². The minimum Gasteiger partial charge on any atom is -0.492 e. The van der Waals surface area contributed by atoms with Crippen LogP contribution in [0.4, 0.5) is 0 Å². The van der Waals surface area contributed by atoms with Crippen molar-refractivity contribution in [3.63, 3.8) is 0 Å². The molecule has 1 rings (SSSR count). The third-order valence-corrected chi connectivity index (χ3v) is 2.13. The number of halogens is 3. The summed E-state index contributed by atoms with van der Waals surface area (Å²) in [5.41, 5.74) is 1.84. The van der Waals surface area contributed by atoms with Crippen LogP contribution in [0.5, 0.6) is 5.75 Å². The maximum atomic E-state index is 5.69. The highest BCUT2D eigenvalue weighted by molar-refractivity contribution is 6.18. The summed E-state index contributed by atoms with van der Waals surface area (Å²) >= 11 is 11.2. The Hall–Kier alpha value is -0.180. The maximum absolute atomic E-state index is 5.69. The molecule has 14 heavy (non-hydrogen) atoms. The number of aromatic nitrogens is 1. The van der Waals surface area contributed by atoms with Gasteiger partial charge in [0.15, 0.2) is 0 Å². The fourth-order valence-electron chi connectivity index (χ4n) is 0.999. The number of alkyl halides is 2. The molecule has 0 saturated heterocycles. The van der Waals surface area contributed by atoms with E-state index in [1.165, 1.54) is 0 Å². The summed E-state index contributed by atoms with van der Waals surface area (Å²) < 4.78 is 5.40. The van der Waals surface area contributed by atoms with E-state index in [0.717, 1.165) is 17.0 Å². The first-order chi connectivity index (χ1) is 6.29. The lowest BCUT2D eigenvalue weighted by Crippen LogP contribution is -2.01. The maximum Gasteiger partial charge on any atom is 0.125 e. The molecule has 0 bridgehead atoms. The number of nitrogens with zero attached hydrogens (tertiary/aromatic N) is 1. The third kappa shape index (κ3) is 3.52. The second kappa shape index (κ2) is 7.16. The highest BCUT2D eigenvalue weighted by atomic mass is 35.5. The van der Waals surface area contributed by atoms with Crippen LogP contribution in [-0.4, -0.2) is 17.5 Å². The molecule has 0 unspecified atom stereocenters. The molecule has 0 radical (unpaired) electrons. The Kier molecular flexibility index (Phi) is 7.06. The van der Waals surface area contributed by atoms with Crippen LogP contribution in [0.15, 0.2) is 12.3 Å². The Labute approximate surface area is 100.0 Å². The van der Waals surface area contributed by atoms with Gasteiger partial charge in [0.05, 0.1) is 17.5 Å². The van der Waals surface area contributed by atoms with Gasteiger partial charge in [0.2, 0.25) is 0 Å². The molecule has 0 amide bonds. The molecule has 0 aliphatic carbocycles. The zero-order chi connectivity index (χ0) is 9.68. The van der Waals surface area contributed by atoms with Crippen LogP contribution in [0.2, 0.25) is 0 Å². The van der Waals surface area contributed by atoms with E-state index in [9.17, 15) is 0 Å². The van der Waals surface area contributed by atoms with E-state index in [1.54, 1.807) is 6.20 Å². The van der Waals surface area contributed by atoms with E-state index in [2.05, 4.69) is 4.98 Å². The second-order valence-electron chi connectivity index (χ2n) is 2.55. The van der Waals surface area contributed by atoms with Gasteiger partial charge in [0.25, 0.3) is 0 Å². The van der Waals surface area contributed by atoms with Gasteiger partial charge in [-0.3, -0.25) is 4.98 Å². The molecule has 0 aromatic carbocycles. The molecule has 0 fully saturated rings. The number of ether oxygens (including phenoxy) is 1. The molecular formula is C9H12Cl3NO. The lowest BCUT2D eigenvalue weighted by atomic mass is 10.2. The first-order valence-corrected chi connectivity index (χ1v) is 5.05. The largest absolute Gasteiger partial charge is 0.492 e. The van der Waals surface area contributed by atoms with Gasteiger partial charge in [0, 0.05) is 11.8 Å². The van der Waals surface area contributed by atoms with Crippen LogP contribution in [0.1, 0.15) is 11.3 Å². The van der Waals surface area contributed by atoms with Gasteiger partial charge in [-0.1, -0.05) is 0 Å². The lowest BCUT2D eigenvalue weighted by molar-refractivity contribution is 0.339. The summed E-state index contributed by atoms with van der Waals surface area (Å²) in [6.45, 7) is 2.45. The molecule has 0 N–H and O–H groups in total. The Balaban J connectivity index is 0.00000169. The molecule has 0 aliphatic rings. The van der Waals surface area contributed by atoms with Gasteiger partial charge in [-0.05, 0) is 13.0 Å². The SMILES string of the molecule is Cc1c(OCCCl)ccnc1CCl.Cl. The standard InChI is InChI=1S/C9H11Cl2NO.ClH/c1-7-8(6-11)12-4-2-9(7)13-5-3-10;/h2,4H,3,5-6H2,1H3;1H. The third-order valence-electron chi connectivity index (χ3n) is 1.72. The summed E-state index contributed by atoms with van der Waals surface area (Å²) in [6, 6.07) is 1.82. The number of rotatable bonds is 4. The molecule has 1 aromatic heterocycles. The molecule has 0 saturated carbocycles. The van der Waals surface area contributed by atoms with E-state index in [4.69, 9.17) is 27.9 Å². The van der Waals surface area contributed by atoms with E-state index in [-0.39, 0.29) is 12.4 Å². The minimum atomic E-state index is 0. The van der Waals surface area contributed by atoms with Crippen LogP contribution < -0.4 is 4.74 Å². The molecule has 1 aromatic rings. The van der Waals surface area contributed by atoms with E-state index >= 15 is 0 Å². The monoisotopic (exact) mass is 255 g/mol. The molecule has 1 heterocycles. The van der Waals surface area contributed by atoms with Crippen molar-refractivity contribution in [2.45, 2.75) is 12.8 Å². The number of hydrogen-bond acceptors (Lipinski definition) is 2. The van der Waals surface area contributed by atoms with Crippen LogP contribution in [0.25, 0.3) is 0 Å².